The number of aryl methyl sites for hydroxylation is 1. The van der Waals surface area contributed by atoms with Crippen LogP contribution in [0.1, 0.15) is 23.1 Å². The predicted octanol–water partition coefficient (Wildman–Crippen LogP) is -1.17. The van der Waals surface area contributed by atoms with Crippen molar-refractivity contribution in [3.8, 4) is 0 Å². The van der Waals surface area contributed by atoms with Crippen LogP contribution < -0.4 is 37.2 Å². The van der Waals surface area contributed by atoms with Crippen LogP contribution in [-0.4, -0.2) is 61.4 Å². The van der Waals surface area contributed by atoms with Gasteiger partial charge in [-0.15, -0.1) is 0 Å². The first-order chi connectivity index (χ1) is 18.0. The molecule has 1 fully saturated rings. The molecule has 11 heteroatoms. The van der Waals surface area contributed by atoms with Crippen LogP contribution in [0.15, 0.2) is 48.5 Å². The van der Waals surface area contributed by atoms with Crippen molar-refractivity contribution in [1.29, 1.82) is 0 Å². The van der Waals surface area contributed by atoms with Gasteiger partial charge in [-0.05, 0) is 29.5 Å². The number of carbonyl (C=O) groups excluding carboxylic acids is 4. The summed E-state index contributed by atoms with van der Waals surface area (Å²) in [6.07, 6.45) is 1.59. The van der Waals surface area contributed by atoms with Gasteiger partial charge in [-0.2, -0.15) is 5.53 Å². The summed E-state index contributed by atoms with van der Waals surface area (Å²) in [7, 11) is 0. The molecule has 0 saturated carbocycles. The lowest BCUT2D eigenvalue weighted by Crippen LogP contribution is -2.56. The summed E-state index contributed by atoms with van der Waals surface area (Å²) in [5.74, 6) is -1.26. The molecule has 0 aliphatic carbocycles. The largest absolute Gasteiger partial charge is 0.353 e. The van der Waals surface area contributed by atoms with E-state index in [1.54, 1.807) is 4.90 Å². The summed E-state index contributed by atoms with van der Waals surface area (Å²) in [6.45, 7) is 0.839. The Morgan fingerprint density at radius 1 is 0.973 bits per heavy atom. The Morgan fingerprint density at radius 3 is 2.57 bits per heavy atom. The summed E-state index contributed by atoms with van der Waals surface area (Å²) in [6, 6.07) is 13.7. The molecule has 3 aliphatic heterocycles. The Labute approximate surface area is 214 Å². The fourth-order valence-corrected chi connectivity index (χ4v) is 5.09. The summed E-state index contributed by atoms with van der Waals surface area (Å²) in [5.41, 5.74) is 12.3. The average Bonchev–Trinajstić information content (AvgIpc) is 3.54. The number of para-hydroxylation sites is 1. The van der Waals surface area contributed by atoms with Crippen LogP contribution in [0.3, 0.4) is 0 Å². The lowest BCUT2D eigenvalue weighted by molar-refractivity contribution is -0.130. The van der Waals surface area contributed by atoms with Crippen LogP contribution in [0.2, 0.25) is 0 Å². The summed E-state index contributed by atoms with van der Waals surface area (Å²) in [4.78, 5) is 53.3. The van der Waals surface area contributed by atoms with E-state index < -0.39 is 18.0 Å². The quantitative estimate of drug-likeness (QED) is 0.265. The topological polar surface area (TPSA) is 144 Å². The molecule has 6 N–H and O–H groups in total. The van der Waals surface area contributed by atoms with Crippen LogP contribution in [-0.2, 0) is 38.4 Å². The number of hydrazine groups is 2. The second-order valence-corrected chi connectivity index (χ2v) is 9.54. The van der Waals surface area contributed by atoms with E-state index >= 15 is 0 Å². The highest BCUT2D eigenvalue weighted by atomic mass is 16.2. The second kappa shape index (κ2) is 11.1. The smallest absolute Gasteiger partial charge is 0.250 e. The highest BCUT2D eigenvalue weighted by Crippen LogP contribution is 2.39. The van der Waals surface area contributed by atoms with Gasteiger partial charge in [-0.25, -0.2) is 10.9 Å². The fourth-order valence-electron chi connectivity index (χ4n) is 5.09. The first-order valence-electron chi connectivity index (χ1n) is 12.5. The lowest BCUT2D eigenvalue weighted by Gasteiger charge is -2.28. The fraction of sp³-hybridized carbons (Fsp3) is 0.385. The Hall–Kier alpha value is -3.80. The van der Waals surface area contributed by atoms with Gasteiger partial charge in [0.2, 0.25) is 23.6 Å². The van der Waals surface area contributed by atoms with Gasteiger partial charge in [0.1, 0.15) is 12.1 Å². The summed E-state index contributed by atoms with van der Waals surface area (Å²) in [5, 5.41) is 8.35. The molecule has 0 radical (unpaired) electrons. The molecule has 11 nitrogen and oxygen atoms in total. The molecule has 2 aromatic rings. The number of benzene rings is 2. The third-order valence-corrected chi connectivity index (χ3v) is 6.93. The highest BCUT2D eigenvalue weighted by molar-refractivity contribution is 6.08. The number of hydrogen-bond donors (Lipinski definition) is 6. The van der Waals surface area contributed by atoms with Crippen LogP contribution in [0.5, 0.6) is 0 Å². The first-order valence-corrected chi connectivity index (χ1v) is 12.5. The Bertz CT molecular complexity index is 1180. The Balaban J connectivity index is 1.23. The van der Waals surface area contributed by atoms with Gasteiger partial charge in [-0.1, -0.05) is 48.5 Å². The number of nitrogens with zero attached hydrogens (tertiary/aromatic N) is 1. The van der Waals surface area contributed by atoms with Gasteiger partial charge in [0.05, 0.1) is 24.7 Å². The third-order valence-electron chi connectivity index (χ3n) is 6.93. The minimum Gasteiger partial charge on any atom is -0.353 e. The molecular weight excluding hydrogens is 474 g/mol. The monoisotopic (exact) mass is 505 g/mol. The first kappa shape index (κ1) is 24.9. The zero-order valence-electron chi connectivity index (χ0n) is 20.4. The second-order valence-electron chi connectivity index (χ2n) is 9.54. The van der Waals surface area contributed by atoms with Crippen LogP contribution in [0.25, 0.3) is 0 Å². The Kier molecular flexibility index (Phi) is 7.45. The van der Waals surface area contributed by atoms with Gasteiger partial charge >= 0.3 is 0 Å². The molecule has 1 saturated heterocycles. The molecule has 1 unspecified atom stereocenters. The van der Waals surface area contributed by atoms with E-state index in [-0.39, 0.29) is 36.7 Å². The zero-order chi connectivity index (χ0) is 25.8. The summed E-state index contributed by atoms with van der Waals surface area (Å²) >= 11 is 0. The zero-order valence-corrected chi connectivity index (χ0v) is 20.4. The highest BCUT2D eigenvalue weighted by Gasteiger charge is 2.44. The number of anilines is 1. The SMILES string of the molecule is O=C(Cc1ccccc1)NCC(=O)N[C@H]1CCc2cccc3c2N(C1=O)[C@H](C(=O)NCC1CNNN1)C3. The number of hydrogen-bond acceptors (Lipinski definition) is 7. The number of nitrogens with one attached hydrogen (secondary N) is 6. The van der Waals surface area contributed by atoms with E-state index in [4.69, 9.17) is 0 Å². The molecular formula is C26H31N7O4. The van der Waals surface area contributed by atoms with Gasteiger partial charge in [0.25, 0.3) is 0 Å². The molecule has 0 bridgehead atoms. The molecule has 3 aliphatic rings. The van der Waals surface area contributed by atoms with Crippen LogP contribution >= 0.6 is 0 Å². The van der Waals surface area contributed by atoms with E-state index in [1.165, 1.54) is 0 Å². The molecule has 3 atom stereocenters. The number of rotatable bonds is 8. The van der Waals surface area contributed by atoms with E-state index in [0.717, 1.165) is 22.4 Å². The normalized spacial score (nSPS) is 22.2. The molecule has 5 rings (SSSR count). The predicted molar refractivity (Wildman–Crippen MR) is 136 cm³/mol. The van der Waals surface area contributed by atoms with Gasteiger partial charge in [-0.3, -0.25) is 24.1 Å². The van der Waals surface area contributed by atoms with Crippen LogP contribution in [0, 0.1) is 0 Å². The van der Waals surface area contributed by atoms with Crippen molar-refractivity contribution >= 4 is 29.3 Å². The maximum Gasteiger partial charge on any atom is 0.250 e. The molecule has 4 amide bonds. The minimum absolute atomic E-state index is 0.0345. The van der Waals surface area contributed by atoms with Crippen molar-refractivity contribution < 1.29 is 19.2 Å². The molecule has 0 spiro atoms. The lowest BCUT2D eigenvalue weighted by atomic mass is 10.0. The number of amides is 4. The van der Waals surface area contributed by atoms with Crippen molar-refractivity contribution in [1.82, 2.24) is 32.3 Å². The average molecular weight is 506 g/mol. The molecule has 0 aromatic heterocycles. The van der Waals surface area contributed by atoms with Crippen molar-refractivity contribution in [3.63, 3.8) is 0 Å². The molecule has 194 valence electrons. The number of carbonyl (C=O) groups is 4. The van der Waals surface area contributed by atoms with Crippen molar-refractivity contribution in [3.05, 3.63) is 65.2 Å². The van der Waals surface area contributed by atoms with Crippen molar-refractivity contribution in [2.45, 2.75) is 43.8 Å². The summed E-state index contributed by atoms with van der Waals surface area (Å²) < 4.78 is 0. The Morgan fingerprint density at radius 2 is 1.78 bits per heavy atom. The third kappa shape index (κ3) is 5.63. The minimum atomic E-state index is -0.794. The van der Waals surface area contributed by atoms with Crippen molar-refractivity contribution in [2.24, 2.45) is 0 Å². The van der Waals surface area contributed by atoms with Crippen molar-refractivity contribution in [2.75, 3.05) is 24.5 Å². The maximum atomic E-state index is 13.7. The van der Waals surface area contributed by atoms with E-state index in [0.29, 0.717) is 32.4 Å². The molecule has 37 heavy (non-hydrogen) atoms. The molecule has 2 aromatic carbocycles. The molecule has 3 heterocycles. The van der Waals surface area contributed by atoms with Crippen LogP contribution in [0.4, 0.5) is 5.69 Å². The van der Waals surface area contributed by atoms with Gasteiger partial charge in [0.15, 0.2) is 0 Å². The van der Waals surface area contributed by atoms with Gasteiger partial charge < -0.3 is 16.0 Å². The van der Waals surface area contributed by atoms with E-state index in [1.807, 2.05) is 48.5 Å². The standard InChI is InChI=1S/C26H31N7O4/c34-22(11-16-5-2-1-3-6-16)27-15-23(35)30-20-10-9-17-7-4-8-18-12-21(33(24(17)18)26(20)37)25(36)28-13-19-14-29-32-31-19/h1-8,19-21,29,31-32H,9-15H2,(H,27,34)(H,28,36)(H,30,35)/t19?,20-,21-/m0/s1. The van der Waals surface area contributed by atoms with E-state index in [2.05, 4.69) is 32.3 Å². The van der Waals surface area contributed by atoms with Gasteiger partial charge in [0, 0.05) is 19.5 Å². The maximum absolute atomic E-state index is 13.7. The van der Waals surface area contributed by atoms with E-state index in [9.17, 15) is 19.2 Å².